The molecule has 3 rings (SSSR count). The van der Waals surface area contributed by atoms with Crippen molar-refractivity contribution in [2.75, 3.05) is 0 Å². The molecule has 3 aromatic rings. The van der Waals surface area contributed by atoms with E-state index < -0.39 is 0 Å². The van der Waals surface area contributed by atoms with E-state index >= 15 is 0 Å². The van der Waals surface area contributed by atoms with Crippen molar-refractivity contribution >= 4 is 0 Å². The van der Waals surface area contributed by atoms with Crippen LogP contribution in [-0.4, -0.2) is 9.13 Å². The number of benzene rings is 2. The molecule has 0 atom stereocenters. The van der Waals surface area contributed by atoms with Crippen molar-refractivity contribution in [1.82, 2.24) is 9.13 Å². The second-order valence-electron chi connectivity index (χ2n) is 7.26. The van der Waals surface area contributed by atoms with E-state index in [2.05, 4.69) is 45.0 Å². The predicted octanol–water partition coefficient (Wildman–Crippen LogP) is 4.84. The predicted molar refractivity (Wildman–Crippen MR) is 108 cm³/mol. The summed E-state index contributed by atoms with van der Waals surface area (Å²) >= 11 is 0. The molecule has 26 heavy (non-hydrogen) atoms. The lowest BCUT2D eigenvalue weighted by Crippen LogP contribution is -2.24. The van der Waals surface area contributed by atoms with E-state index in [1.807, 2.05) is 45.5 Å². The van der Waals surface area contributed by atoms with Crippen LogP contribution in [0.15, 0.2) is 65.5 Å². The monoisotopic (exact) mass is 348 g/mol. The summed E-state index contributed by atoms with van der Waals surface area (Å²) in [5.41, 5.74) is 4.56. The Morgan fingerprint density at radius 1 is 0.885 bits per heavy atom. The molecular formula is C23H28N2O. The lowest BCUT2D eigenvalue weighted by molar-refractivity contribution is 0.566. The molecule has 3 heteroatoms. The minimum Gasteiger partial charge on any atom is -0.296 e. The smallest absolute Gasteiger partial charge is 0.296 e. The fraction of sp³-hybridized carbons (Fsp3) is 0.348. The van der Waals surface area contributed by atoms with Crippen LogP contribution < -0.4 is 5.69 Å². The molecule has 0 N–H and O–H groups in total. The molecule has 0 radical (unpaired) electrons. The van der Waals surface area contributed by atoms with Gasteiger partial charge >= 0.3 is 5.69 Å². The van der Waals surface area contributed by atoms with Crippen molar-refractivity contribution < 1.29 is 0 Å². The number of rotatable bonds is 7. The zero-order valence-corrected chi connectivity index (χ0v) is 16.0. The summed E-state index contributed by atoms with van der Waals surface area (Å²) in [6.45, 7) is 7.32. The summed E-state index contributed by atoms with van der Waals surface area (Å²) in [7, 11) is 0. The van der Waals surface area contributed by atoms with Crippen molar-refractivity contribution in [1.29, 1.82) is 0 Å². The van der Waals surface area contributed by atoms with Gasteiger partial charge in [0.15, 0.2) is 0 Å². The van der Waals surface area contributed by atoms with Gasteiger partial charge in [-0.3, -0.25) is 9.13 Å². The van der Waals surface area contributed by atoms with Gasteiger partial charge in [-0.15, -0.1) is 0 Å². The van der Waals surface area contributed by atoms with E-state index in [1.165, 1.54) is 11.3 Å². The van der Waals surface area contributed by atoms with Gasteiger partial charge in [0.2, 0.25) is 0 Å². The topological polar surface area (TPSA) is 26.9 Å². The lowest BCUT2D eigenvalue weighted by Gasteiger charge is -2.13. The Morgan fingerprint density at radius 2 is 1.50 bits per heavy atom. The Kier molecular flexibility index (Phi) is 5.77. The fourth-order valence-electron chi connectivity index (χ4n) is 3.52. The first kappa shape index (κ1) is 18.2. The van der Waals surface area contributed by atoms with E-state index in [9.17, 15) is 4.79 Å². The summed E-state index contributed by atoms with van der Waals surface area (Å²) in [6, 6.07) is 20.4. The van der Waals surface area contributed by atoms with E-state index in [1.54, 1.807) is 0 Å². The van der Waals surface area contributed by atoms with E-state index in [0.29, 0.717) is 5.92 Å². The van der Waals surface area contributed by atoms with Gasteiger partial charge in [-0.2, -0.15) is 0 Å². The van der Waals surface area contributed by atoms with Gasteiger partial charge in [0.05, 0.1) is 11.4 Å². The second-order valence-corrected chi connectivity index (χ2v) is 7.26. The summed E-state index contributed by atoms with van der Waals surface area (Å²) in [5.74, 6) is 0.499. The van der Waals surface area contributed by atoms with Crippen LogP contribution in [0.3, 0.4) is 0 Å². The summed E-state index contributed by atoms with van der Waals surface area (Å²) in [4.78, 5) is 13.3. The molecule has 0 aliphatic carbocycles. The molecule has 0 aliphatic rings. The lowest BCUT2D eigenvalue weighted by atomic mass is 10.0. The van der Waals surface area contributed by atoms with Gasteiger partial charge in [-0.25, -0.2) is 4.79 Å². The summed E-state index contributed by atoms with van der Waals surface area (Å²) in [6.07, 6.45) is 2.63. The molecule has 0 saturated heterocycles. The Morgan fingerprint density at radius 3 is 2.08 bits per heavy atom. The van der Waals surface area contributed by atoms with Crippen LogP contribution in [0, 0.1) is 5.92 Å². The standard InChI is InChI=1S/C23H28N2O/c1-4-15-24-21(16-18(2)3)22(17-19-11-7-5-8-12-19)25(23(24)26)20-13-9-6-10-14-20/h5-14,18H,4,15-17H2,1-3H3. The third-order valence-corrected chi connectivity index (χ3v) is 4.63. The van der Waals surface area contributed by atoms with E-state index in [-0.39, 0.29) is 5.69 Å². The van der Waals surface area contributed by atoms with Crippen LogP contribution in [0.1, 0.15) is 44.1 Å². The quantitative estimate of drug-likeness (QED) is 0.600. The molecule has 2 aromatic carbocycles. The molecule has 136 valence electrons. The average molecular weight is 348 g/mol. The Labute approximate surface area is 155 Å². The second kappa shape index (κ2) is 8.22. The molecule has 3 nitrogen and oxygen atoms in total. The van der Waals surface area contributed by atoms with E-state index in [4.69, 9.17) is 0 Å². The summed E-state index contributed by atoms with van der Waals surface area (Å²) < 4.78 is 3.91. The van der Waals surface area contributed by atoms with Crippen molar-refractivity contribution in [3.8, 4) is 5.69 Å². The van der Waals surface area contributed by atoms with Crippen LogP contribution >= 0.6 is 0 Å². The normalized spacial score (nSPS) is 11.2. The maximum Gasteiger partial charge on any atom is 0.333 e. The van der Waals surface area contributed by atoms with Crippen LogP contribution in [0.4, 0.5) is 0 Å². The molecule has 0 bridgehead atoms. The van der Waals surface area contributed by atoms with Gasteiger partial charge in [0.1, 0.15) is 0 Å². The molecule has 1 heterocycles. The molecule has 0 saturated carbocycles. The first-order valence-corrected chi connectivity index (χ1v) is 9.54. The SMILES string of the molecule is CCCn1c(CC(C)C)c(Cc2ccccc2)n(-c2ccccc2)c1=O. The first-order valence-electron chi connectivity index (χ1n) is 9.54. The minimum absolute atomic E-state index is 0.0830. The zero-order valence-electron chi connectivity index (χ0n) is 16.0. The van der Waals surface area contributed by atoms with E-state index in [0.717, 1.165) is 37.2 Å². The highest BCUT2D eigenvalue weighted by atomic mass is 16.1. The molecule has 0 amide bonds. The molecule has 0 aliphatic heterocycles. The van der Waals surface area contributed by atoms with Crippen molar-refractivity contribution in [2.24, 2.45) is 5.92 Å². The number of aromatic nitrogens is 2. The third-order valence-electron chi connectivity index (χ3n) is 4.63. The van der Waals surface area contributed by atoms with Crippen molar-refractivity contribution in [3.05, 3.63) is 88.1 Å². The minimum atomic E-state index is 0.0830. The van der Waals surface area contributed by atoms with Gasteiger partial charge in [0, 0.05) is 18.7 Å². The van der Waals surface area contributed by atoms with Gasteiger partial charge in [-0.05, 0) is 36.5 Å². The van der Waals surface area contributed by atoms with Crippen LogP contribution in [0.25, 0.3) is 5.69 Å². The number of hydrogen-bond donors (Lipinski definition) is 0. The van der Waals surface area contributed by atoms with Gasteiger partial charge in [0.25, 0.3) is 0 Å². The highest BCUT2D eigenvalue weighted by molar-refractivity contribution is 5.38. The highest BCUT2D eigenvalue weighted by Gasteiger charge is 2.21. The molecule has 0 unspecified atom stereocenters. The first-order chi connectivity index (χ1) is 12.6. The average Bonchev–Trinajstić information content (AvgIpc) is 2.88. The number of nitrogens with zero attached hydrogens (tertiary/aromatic N) is 2. The Balaban J connectivity index is 2.22. The van der Waals surface area contributed by atoms with Gasteiger partial charge in [-0.1, -0.05) is 69.3 Å². The zero-order chi connectivity index (χ0) is 18.5. The Hall–Kier alpha value is -2.55. The fourth-order valence-corrected chi connectivity index (χ4v) is 3.52. The molecule has 0 spiro atoms. The highest BCUT2D eigenvalue weighted by Crippen LogP contribution is 2.21. The van der Waals surface area contributed by atoms with Crippen LogP contribution in [-0.2, 0) is 19.4 Å². The molecule has 1 aromatic heterocycles. The number of imidazole rings is 1. The van der Waals surface area contributed by atoms with Crippen LogP contribution in [0.2, 0.25) is 0 Å². The molecule has 0 fully saturated rings. The number of para-hydroxylation sites is 1. The maximum absolute atomic E-state index is 13.3. The maximum atomic E-state index is 13.3. The Bertz CT molecular complexity index is 889. The molecular weight excluding hydrogens is 320 g/mol. The van der Waals surface area contributed by atoms with Crippen molar-refractivity contribution in [2.45, 2.75) is 46.6 Å². The largest absolute Gasteiger partial charge is 0.333 e. The third kappa shape index (κ3) is 3.82. The van der Waals surface area contributed by atoms with Crippen LogP contribution in [0.5, 0.6) is 0 Å². The van der Waals surface area contributed by atoms with Gasteiger partial charge < -0.3 is 0 Å². The summed E-state index contributed by atoms with van der Waals surface area (Å²) in [5, 5.41) is 0. The number of hydrogen-bond acceptors (Lipinski definition) is 1. The van der Waals surface area contributed by atoms with Crippen molar-refractivity contribution in [3.63, 3.8) is 0 Å².